The van der Waals surface area contributed by atoms with E-state index in [0.717, 1.165) is 12.8 Å². The first-order valence-electron chi connectivity index (χ1n) is 6.60. The summed E-state index contributed by atoms with van der Waals surface area (Å²) in [5, 5.41) is 16.9. The van der Waals surface area contributed by atoms with Crippen molar-refractivity contribution in [3.63, 3.8) is 0 Å². The molecule has 106 valence electrons. The minimum atomic E-state index is -0.438. The number of rotatable bonds is 5. The summed E-state index contributed by atoms with van der Waals surface area (Å²) in [7, 11) is 0. The van der Waals surface area contributed by atoms with Crippen LogP contribution < -0.4 is 10.6 Å². The number of carbonyl (C=O) groups excluding carboxylic acids is 1. The van der Waals surface area contributed by atoms with Gasteiger partial charge in [-0.1, -0.05) is 12.2 Å². The van der Waals surface area contributed by atoms with Gasteiger partial charge in [-0.2, -0.15) is 0 Å². The zero-order valence-corrected chi connectivity index (χ0v) is 11.3. The molecular formula is C14H17N3O3. The zero-order chi connectivity index (χ0) is 14.5. The van der Waals surface area contributed by atoms with Crippen LogP contribution in [0.25, 0.3) is 0 Å². The summed E-state index contributed by atoms with van der Waals surface area (Å²) in [4.78, 5) is 22.4. The van der Waals surface area contributed by atoms with E-state index >= 15 is 0 Å². The van der Waals surface area contributed by atoms with E-state index < -0.39 is 4.92 Å². The largest absolute Gasteiger partial charge is 0.376 e. The Balaban J connectivity index is 2.26. The van der Waals surface area contributed by atoms with Crippen LogP contribution in [0.4, 0.5) is 11.4 Å². The van der Waals surface area contributed by atoms with Crippen LogP contribution in [0.15, 0.2) is 30.4 Å². The lowest BCUT2D eigenvalue weighted by atomic mass is 10.1. The van der Waals surface area contributed by atoms with Crippen molar-refractivity contribution in [3.05, 3.63) is 46.0 Å². The van der Waals surface area contributed by atoms with Gasteiger partial charge in [0.05, 0.1) is 4.92 Å². The molecule has 0 heterocycles. The van der Waals surface area contributed by atoms with Crippen LogP contribution in [0, 0.1) is 10.1 Å². The van der Waals surface area contributed by atoms with Crippen LogP contribution >= 0.6 is 0 Å². The maximum atomic E-state index is 11.8. The summed E-state index contributed by atoms with van der Waals surface area (Å²) in [5.41, 5.74) is 0.809. The minimum Gasteiger partial charge on any atom is -0.376 e. The highest BCUT2D eigenvalue weighted by atomic mass is 16.6. The third-order valence-electron chi connectivity index (χ3n) is 3.16. The third-order valence-corrected chi connectivity index (χ3v) is 3.16. The van der Waals surface area contributed by atoms with Gasteiger partial charge in [-0.15, -0.1) is 0 Å². The average Bonchev–Trinajstić information content (AvgIpc) is 2.91. The number of hydrogen-bond acceptors (Lipinski definition) is 4. The summed E-state index contributed by atoms with van der Waals surface area (Å²) in [5.74, 6) is -0.227. The predicted molar refractivity (Wildman–Crippen MR) is 76.9 cm³/mol. The Hall–Kier alpha value is -2.37. The van der Waals surface area contributed by atoms with Gasteiger partial charge in [0.15, 0.2) is 0 Å². The molecule has 20 heavy (non-hydrogen) atoms. The lowest BCUT2D eigenvalue weighted by molar-refractivity contribution is -0.384. The van der Waals surface area contributed by atoms with Gasteiger partial charge in [-0.3, -0.25) is 14.9 Å². The van der Waals surface area contributed by atoms with Gasteiger partial charge in [0, 0.05) is 24.2 Å². The van der Waals surface area contributed by atoms with E-state index in [9.17, 15) is 14.9 Å². The second kappa shape index (κ2) is 6.18. The number of nitro groups is 1. The summed E-state index contributed by atoms with van der Waals surface area (Å²) < 4.78 is 0. The van der Waals surface area contributed by atoms with Crippen LogP contribution in [-0.2, 0) is 0 Å². The Labute approximate surface area is 117 Å². The van der Waals surface area contributed by atoms with Gasteiger partial charge in [-0.05, 0) is 31.9 Å². The zero-order valence-electron chi connectivity index (χ0n) is 11.3. The number of nitrogens with zero attached hydrogens (tertiary/aromatic N) is 1. The number of nitro benzene ring substituents is 1. The topological polar surface area (TPSA) is 84.3 Å². The van der Waals surface area contributed by atoms with Crippen molar-refractivity contribution in [1.82, 2.24) is 5.32 Å². The highest BCUT2D eigenvalue weighted by molar-refractivity contribution is 5.95. The molecule has 1 amide bonds. The van der Waals surface area contributed by atoms with E-state index in [4.69, 9.17) is 0 Å². The van der Waals surface area contributed by atoms with Gasteiger partial charge in [0.1, 0.15) is 5.69 Å². The Morgan fingerprint density at radius 2 is 2.10 bits per heavy atom. The summed E-state index contributed by atoms with van der Waals surface area (Å²) in [6, 6.07) is 4.54. The molecule has 0 unspecified atom stereocenters. The van der Waals surface area contributed by atoms with E-state index in [0.29, 0.717) is 17.8 Å². The van der Waals surface area contributed by atoms with Crippen LogP contribution in [0.5, 0.6) is 0 Å². The van der Waals surface area contributed by atoms with Crippen molar-refractivity contribution < 1.29 is 9.72 Å². The van der Waals surface area contributed by atoms with E-state index in [1.54, 1.807) is 6.07 Å². The molecule has 0 bridgehead atoms. The minimum absolute atomic E-state index is 0.00931. The van der Waals surface area contributed by atoms with Crippen molar-refractivity contribution in [3.8, 4) is 0 Å². The quantitative estimate of drug-likeness (QED) is 0.491. The van der Waals surface area contributed by atoms with Gasteiger partial charge >= 0.3 is 0 Å². The Morgan fingerprint density at radius 3 is 2.70 bits per heavy atom. The molecule has 0 atom stereocenters. The molecule has 1 aliphatic rings. The molecule has 2 N–H and O–H groups in total. The summed E-state index contributed by atoms with van der Waals surface area (Å²) in [6.07, 6.45) is 5.75. The smallest absolute Gasteiger partial charge is 0.292 e. The fourth-order valence-corrected chi connectivity index (χ4v) is 2.17. The van der Waals surface area contributed by atoms with E-state index in [-0.39, 0.29) is 17.6 Å². The first-order valence-corrected chi connectivity index (χ1v) is 6.60. The standard InChI is InChI=1S/C14H17N3O3/c1-2-15-14(18)10-7-8-13(17(19)20)12(9-10)16-11-5-3-4-6-11/h3-4,7-9,11,16H,2,5-6H2,1H3,(H,15,18). The van der Waals surface area contributed by atoms with Gasteiger partial charge < -0.3 is 10.6 Å². The molecule has 0 aliphatic heterocycles. The van der Waals surface area contributed by atoms with Gasteiger partial charge in [-0.25, -0.2) is 0 Å². The van der Waals surface area contributed by atoms with Gasteiger partial charge in [0.2, 0.25) is 0 Å². The number of benzene rings is 1. The number of hydrogen-bond donors (Lipinski definition) is 2. The fraction of sp³-hybridized carbons (Fsp3) is 0.357. The Bertz CT molecular complexity index is 547. The van der Waals surface area contributed by atoms with Crippen LogP contribution in [0.2, 0.25) is 0 Å². The van der Waals surface area contributed by atoms with Crippen molar-refractivity contribution in [2.45, 2.75) is 25.8 Å². The van der Waals surface area contributed by atoms with E-state index in [2.05, 4.69) is 10.6 Å². The molecule has 6 nitrogen and oxygen atoms in total. The van der Waals surface area contributed by atoms with Crippen molar-refractivity contribution in [2.75, 3.05) is 11.9 Å². The lowest BCUT2D eigenvalue weighted by Crippen LogP contribution is -2.23. The van der Waals surface area contributed by atoms with Crippen molar-refractivity contribution in [1.29, 1.82) is 0 Å². The molecule has 0 fully saturated rings. The SMILES string of the molecule is CCNC(=O)c1ccc([N+](=O)[O-])c(NC2CC=CC2)c1. The van der Waals surface area contributed by atoms with Crippen LogP contribution in [0.3, 0.4) is 0 Å². The third kappa shape index (κ3) is 3.14. The van der Waals surface area contributed by atoms with Crippen LogP contribution in [-0.4, -0.2) is 23.4 Å². The van der Waals surface area contributed by atoms with E-state index in [1.165, 1.54) is 12.1 Å². The maximum absolute atomic E-state index is 11.8. The molecule has 0 saturated carbocycles. The Kier molecular flexibility index (Phi) is 4.34. The van der Waals surface area contributed by atoms with E-state index in [1.807, 2.05) is 19.1 Å². The molecule has 0 saturated heterocycles. The number of anilines is 1. The monoisotopic (exact) mass is 275 g/mol. The average molecular weight is 275 g/mol. The fourth-order valence-electron chi connectivity index (χ4n) is 2.17. The first kappa shape index (κ1) is 14.0. The molecule has 0 spiro atoms. The molecule has 1 aliphatic carbocycles. The number of amides is 1. The predicted octanol–water partition coefficient (Wildman–Crippen LogP) is 2.48. The normalized spacial score (nSPS) is 14.2. The summed E-state index contributed by atoms with van der Waals surface area (Å²) >= 11 is 0. The second-order valence-corrected chi connectivity index (χ2v) is 4.63. The molecule has 1 aromatic rings. The van der Waals surface area contributed by atoms with Crippen molar-refractivity contribution >= 4 is 17.3 Å². The van der Waals surface area contributed by atoms with Gasteiger partial charge in [0.25, 0.3) is 11.6 Å². The highest BCUT2D eigenvalue weighted by Crippen LogP contribution is 2.28. The molecule has 6 heteroatoms. The molecule has 1 aromatic carbocycles. The molecule has 0 radical (unpaired) electrons. The second-order valence-electron chi connectivity index (χ2n) is 4.63. The lowest BCUT2D eigenvalue weighted by Gasteiger charge is -2.14. The summed E-state index contributed by atoms with van der Waals surface area (Å²) in [6.45, 7) is 2.35. The number of carbonyl (C=O) groups is 1. The highest BCUT2D eigenvalue weighted by Gasteiger charge is 2.19. The van der Waals surface area contributed by atoms with Crippen molar-refractivity contribution in [2.24, 2.45) is 0 Å². The molecular weight excluding hydrogens is 258 g/mol. The Morgan fingerprint density at radius 1 is 1.40 bits per heavy atom. The molecule has 2 rings (SSSR count). The number of nitrogens with one attached hydrogen (secondary N) is 2. The molecule has 0 aromatic heterocycles. The van der Waals surface area contributed by atoms with Crippen LogP contribution in [0.1, 0.15) is 30.1 Å². The maximum Gasteiger partial charge on any atom is 0.292 e. The first-order chi connectivity index (χ1) is 9.61.